The SMILES string of the molecule is COCC(C)N1C(=O)C(C)NC(=O)C1c1ccccc1. The summed E-state index contributed by atoms with van der Waals surface area (Å²) in [5, 5.41) is 2.73. The first-order valence-electron chi connectivity index (χ1n) is 6.72. The molecule has 1 fully saturated rings. The molecular weight excluding hydrogens is 256 g/mol. The first kappa shape index (κ1) is 14.5. The number of hydrogen-bond donors (Lipinski definition) is 1. The minimum absolute atomic E-state index is 0.0806. The van der Waals surface area contributed by atoms with Crippen molar-refractivity contribution in [1.29, 1.82) is 0 Å². The lowest BCUT2D eigenvalue weighted by molar-refractivity contribution is -0.152. The first-order valence-corrected chi connectivity index (χ1v) is 6.72. The Balaban J connectivity index is 2.38. The molecule has 0 aromatic heterocycles. The number of carbonyl (C=O) groups is 2. The minimum atomic E-state index is -0.593. The van der Waals surface area contributed by atoms with Gasteiger partial charge in [-0.3, -0.25) is 9.59 Å². The van der Waals surface area contributed by atoms with E-state index >= 15 is 0 Å². The molecule has 0 aliphatic carbocycles. The molecule has 1 saturated heterocycles. The highest BCUT2D eigenvalue weighted by atomic mass is 16.5. The predicted molar refractivity (Wildman–Crippen MR) is 75.0 cm³/mol. The highest BCUT2D eigenvalue weighted by Gasteiger charge is 2.41. The molecule has 0 bridgehead atoms. The highest BCUT2D eigenvalue weighted by Crippen LogP contribution is 2.27. The van der Waals surface area contributed by atoms with E-state index in [0.29, 0.717) is 6.61 Å². The molecule has 20 heavy (non-hydrogen) atoms. The number of hydrogen-bond acceptors (Lipinski definition) is 3. The predicted octanol–water partition coefficient (Wildman–Crippen LogP) is 1.11. The number of methoxy groups -OCH3 is 1. The molecule has 5 heteroatoms. The van der Waals surface area contributed by atoms with Crippen molar-refractivity contribution < 1.29 is 14.3 Å². The van der Waals surface area contributed by atoms with E-state index in [2.05, 4.69) is 5.32 Å². The van der Waals surface area contributed by atoms with Crippen LogP contribution in [-0.2, 0) is 14.3 Å². The lowest BCUT2D eigenvalue weighted by atomic mass is 9.98. The Morgan fingerprint density at radius 1 is 1.30 bits per heavy atom. The molecule has 0 radical (unpaired) electrons. The first-order chi connectivity index (χ1) is 9.56. The van der Waals surface area contributed by atoms with E-state index in [-0.39, 0.29) is 17.9 Å². The molecule has 3 unspecified atom stereocenters. The van der Waals surface area contributed by atoms with Crippen molar-refractivity contribution in [2.24, 2.45) is 0 Å². The van der Waals surface area contributed by atoms with Gasteiger partial charge < -0.3 is 15.0 Å². The topological polar surface area (TPSA) is 58.6 Å². The third kappa shape index (κ3) is 2.67. The Bertz CT molecular complexity index is 489. The number of rotatable bonds is 4. The lowest BCUT2D eigenvalue weighted by Crippen LogP contribution is -2.61. The molecule has 0 spiro atoms. The van der Waals surface area contributed by atoms with Crippen LogP contribution in [0.5, 0.6) is 0 Å². The standard InChI is InChI=1S/C15H20N2O3/c1-10(9-20-3)17-13(12-7-5-4-6-8-12)14(18)16-11(2)15(17)19/h4-8,10-11,13H,9H2,1-3H3,(H,16,18). The number of nitrogens with zero attached hydrogens (tertiary/aromatic N) is 1. The zero-order chi connectivity index (χ0) is 14.7. The van der Waals surface area contributed by atoms with Gasteiger partial charge >= 0.3 is 0 Å². The van der Waals surface area contributed by atoms with Crippen molar-refractivity contribution in [2.75, 3.05) is 13.7 Å². The van der Waals surface area contributed by atoms with Gasteiger partial charge in [-0.2, -0.15) is 0 Å². The van der Waals surface area contributed by atoms with Gasteiger partial charge in [0, 0.05) is 7.11 Å². The third-order valence-corrected chi connectivity index (χ3v) is 3.51. The lowest BCUT2D eigenvalue weighted by Gasteiger charge is -2.41. The van der Waals surface area contributed by atoms with E-state index in [0.717, 1.165) is 5.56 Å². The summed E-state index contributed by atoms with van der Waals surface area (Å²) in [4.78, 5) is 26.4. The van der Waals surface area contributed by atoms with Crippen molar-refractivity contribution >= 4 is 11.8 Å². The molecule has 2 amide bonds. The summed E-state index contributed by atoms with van der Waals surface area (Å²) >= 11 is 0. The normalized spacial score (nSPS) is 24.4. The fourth-order valence-electron chi connectivity index (χ4n) is 2.57. The maximum atomic E-state index is 12.4. The molecule has 1 heterocycles. The van der Waals surface area contributed by atoms with Gasteiger partial charge in [0.1, 0.15) is 12.1 Å². The van der Waals surface area contributed by atoms with Gasteiger partial charge in [0.15, 0.2) is 0 Å². The van der Waals surface area contributed by atoms with Crippen LogP contribution in [-0.4, -0.2) is 42.5 Å². The Labute approximate surface area is 118 Å². The third-order valence-electron chi connectivity index (χ3n) is 3.51. The van der Waals surface area contributed by atoms with Crippen LogP contribution in [0.2, 0.25) is 0 Å². The average Bonchev–Trinajstić information content (AvgIpc) is 2.43. The molecule has 1 N–H and O–H groups in total. The maximum Gasteiger partial charge on any atom is 0.248 e. The number of carbonyl (C=O) groups excluding carboxylic acids is 2. The van der Waals surface area contributed by atoms with Crippen LogP contribution in [0.15, 0.2) is 30.3 Å². The summed E-state index contributed by atoms with van der Waals surface area (Å²) in [6, 6.07) is 8.09. The van der Waals surface area contributed by atoms with E-state index < -0.39 is 12.1 Å². The highest BCUT2D eigenvalue weighted by molar-refractivity contribution is 5.97. The van der Waals surface area contributed by atoms with Gasteiger partial charge in [0.05, 0.1) is 12.6 Å². The van der Waals surface area contributed by atoms with Crippen LogP contribution in [0, 0.1) is 0 Å². The van der Waals surface area contributed by atoms with Gasteiger partial charge in [-0.1, -0.05) is 30.3 Å². The minimum Gasteiger partial charge on any atom is -0.383 e. The quantitative estimate of drug-likeness (QED) is 0.896. The Hall–Kier alpha value is -1.88. The van der Waals surface area contributed by atoms with Crippen molar-refractivity contribution in [3.63, 3.8) is 0 Å². The molecule has 1 aliphatic heterocycles. The smallest absolute Gasteiger partial charge is 0.248 e. The number of benzene rings is 1. The summed E-state index contributed by atoms with van der Waals surface area (Å²) in [6.45, 7) is 3.99. The van der Waals surface area contributed by atoms with Gasteiger partial charge in [-0.05, 0) is 19.4 Å². The van der Waals surface area contributed by atoms with Crippen LogP contribution < -0.4 is 5.32 Å². The van der Waals surface area contributed by atoms with Crippen molar-refractivity contribution in [1.82, 2.24) is 10.2 Å². The van der Waals surface area contributed by atoms with Crippen molar-refractivity contribution in [3.8, 4) is 0 Å². The largest absolute Gasteiger partial charge is 0.383 e. The van der Waals surface area contributed by atoms with E-state index in [1.807, 2.05) is 37.3 Å². The molecule has 1 aromatic rings. The number of nitrogens with one attached hydrogen (secondary N) is 1. The molecule has 1 aliphatic rings. The van der Waals surface area contributed by atoms with E-state index in [4.69, 9.17) is 4.74 Å². The second-order valence-corrected chi connectivity index (χ2v) is 5.09. The summed E-state index contributed by atoms with van der Waals surface area (Å²) in [5.74, 6) is -0.228. The molecular formula is C15H20N2O3. The van der Waals surface area contributed by atoms with Gasteiger partial charge in [-0.25, -0.2) is 0 Å². The Morgan fingerprint density at radius 2 is 1.95 bits per heavy atom. The van der Waals surface area contributed by atoms with Crippen LogP contribution in [0.1, 0.15) is 25.5 Å². The van der Waals surface area contributed by atoms with Crippen LogP contribution in [0.25, 0.3) is 0 Å². The average molecular weight is 276 g/mol. The van der Waals surface area contributed by atoms with E-state index in [9.17, 15) is 9.59 Å². The zero-order valence-electron chi connectivity index (χ0n) is 12.0. The van der Waals surface area contributed by atoms with Gasteiger partial charge in [-0.15, -0.1) is 0 Å². The second kappa shape index (κ2) is 6.05. The van der Waals surface area contributed by atoms with Gasteiger partial charge in [0.25, 0.3) is 0 Å². The monoisotopic (exact) mass is 276 g/mol. The van der Waals surface area contributed by atoms with Crippen molar-refractivity contribution in [2.45, 2.75) is 32.0 Å². The van der Waals surface area contributed by atoms with Gasteiger partial charge in [0.2, 0.25) is 11.8 Å². The van der Waals surface area contributed by atoms with E-state index in [1.54, 1.807) is 18.9 Å². The fraction of sp³-hybridized carbons (Fsp3) is 0.467. The molecule has 1 aromatic carbocycles. The van der Waals surface area contributed by atoms with Crippen LogP contribution >= 0.6 is 0 Å². The van der Waals surface area contributed by atoms with Crippen LogP contribution in [0.3, 0.4) is 0 Å². The number of ether oxygens (including phenoxy) is 1. The summed E-state index contributed by atoms with van der Waals surface area (Å²) < 4.78 is 5.13. The molecule has 0 saturated carbocycles. The van der Waals surface area contributed by atoms with E-state index in [1.165, 1.54) is 0 Å². The molecule has 108 valence electrons. The summed E-state index contributed by atoms with van der Waals surface area (Å²) in [6.07, 6.45) is 0. The molecule has 5 nitrogen and oxygen atoms in total. The number of amides is 2. The molecule has 3 atom stereocenters. The zero-order valence-corrected chi connectivity index (χ0v) is 12.0. The summed E-state index contributed by atoms with van der Waals surface area (Å²) in [7, 11) is 1.59. The Kier molecular flexibility index (Phi) is 4.39. The maximum absolute atomic E-state index is 12.4. The number of piperazine rings is 1. The second-order valence-electron chi connectivity index (χ2n) is 5.09. The fourth-order valence-corrected chi connectivity index (χ4v) is 2.57. The van der Waals surface area contributed by atoms with Crippen LogP contribution in [0.4, 0.5) is 0 Å². The summed E-state index contributed by atoms with van der Waals surface area (Å²) in [5.41, 5.74) is 0.813. The van der Waals surface area contributed by atoms with Crippen molar-refractivity contribution in [3.05, 3.63) is 35.9 Å². The molecule has 2 rings (SSSR count). The Morgan fingerprint density at radius 3 is 2.55 bits per heavy atom.